The zero-order valence-corrected chi connectivity index (χ0v) is 7.13. The number of carbonyl (C=O) groups is 1. The van der Waals surface area contributed by atoms with E-state index in [-0.39, 0.29) is 6.54 Å². The van der Waals surface area contributed by atoms with E-state index < -0.39 is 11.5 Å². The van der Waals surface area contributed by atoms with Gasteiger partial charge in [0.15, 0.2) is 0 Å². The minimum absolute atomic E-state index is 0.247. The molecule has 12 heavy (non-hydrogen) atoms. The highest BCUT2D eigenvalue weighted by Gasteiger charge is 2.30. The van der Waals surface area contributed by atoms with Crippen LogP contribution in [0.1, 0.15) is 13.3 Å². The van der Waals surface area contributed by atoms with Crippen LogP contribution in [-0.4, -0.2) is 23.2 Å². The largest absolute Gasteiger partial charge is 0.480 e. The summed E-state index contributed by atoms with van der Waals surface area (Å²) in [4.78, 5) is 10.7. The standard InChI is InChI=1S/C9H13NO2/c1-4-6-9(3,8(11)12)10-7-5-2/h2,4,10H,1,6-7H2,3H3,(H,11,12). The van der Waals surface area contributed by atoms with Gasteiger partial charge in [-0.25, -0.2) is 0 Å². The number of carboxylic acid groups (broad SMARTS) is 1. The molecule has 1 unspecified atom stereocenters. The van der Waals surface area contributed by atoms with E-state index in [2.05, 4.69) is 17.8 Å². The quantitative estimate of drug-likeness (QED) is 0.466. The molecule has 0 aliphatic rings. The highest BCUT2D eigenvalue weighted by atomic mass is 16.4. The maximum absolute atomic E-state index is 10.7. The fourth-order valence-corrected chi connectivity index (χ4v) is 0.770. The molecule has 0 heterocycles. The normalized spacial score (nSPS) is 14.3. The van der Waals surface area contributed by atoms with E-state index in [1.165, 1.54) is 0 Å². The van der Waals surface area contributed by atoms with Crippen molar-refractivity contribution in [1.29, 1.82) is 0 Å². The molecule has 3 nitrogen and oxygen atoms in total. The molecule has 2 N–H and O–H groups in total. The van der Waals surface area contributed by atoms with E-state index in [0.717, 1.165) is 0 Å². The fraction of sp³-hybridized carbons (Fsp3) is 0.444. The molecule has 0 saturated heterocycles. The number of terminal acetylenes is 1. The lowest BCUT2D eigenvalue weighted by atomic mass is 9.98. The fourth-order valence-electron chi connectivity index (χ4n) is 0.770. The first-order valence-electron chi connectivity index (χ1n) is 3.59. The molecular weight excluding hydrogens is 154 g/mol. The van der Waals surface area contributed by atoms with Crippen LogP contribution in [0, 0.1) is 12.3 Å². The van der Waals surface area contributed by atoms with Gasteiger partial charge in [0.05, 0.1) is 6.54 Å². The Labute approximate surface area is 72.5 Å². The van der Waals surface area contributed by atoms with Crippen molar-refractivity contribution in [2.24, 2.45) is 0 Å². The first-order chi connectivity index (χ1) is 5.56. The molecule has 0 saturated carbocycles. The number of hydrogen-bond donors (Lipinski definition) is 2. The summed E-state index contributed by atoms with van der Waals surface area (Å²) in [5, 5.41) is 11.6. The van der Waals surface area contributed by atoms with E-state index in [0.29, 0.717) is 6.42 Å². The van der Waals surface area contributed by atoms with Gasteiger partial charge in [-0.1, -0.05) is 12.0 Å². The van der Waals surface area contributed by atoms with E-state index in [1.807, 2.05) is 0 Å². The van der Waals surface area contributed by atoms with Gasteiger partial charge in [0.2, 0.25) is 0 Å². The lowest BCUT2D eigenvalue weighted by Crippen LogP contribution is -2.49. The van der Waals surface area contributed by atoms with Crippen LogP contribution in [0.4, 0.5) is 0 Å². The van der Waals surface area contributed by atoms with Crippen LogP contribution in [-0.2, 0) is 4.79 Å². The van der Waals surface area contributed by atoms with Crippen molar-refractivity contribution in [3.63, 3.8) is 0 Å². The number of nitrogens with one attached hydrogen (secondary N) is 1. The first kappa shape index (κ1) is 10.7. The molecule has 0 bridgehead atoms. The van der Waals surface area contributed by atoms with Gasteiger partial charge in [-0.05, 0) is 13.3 Å². The Hall–Kier alpha value is -1.27. The van der Waals surface area contributed by atoms with Gasteiger partial charge >= 0.3 is 5.97 Å². The van der Waals surface area contributed by atoms with Gasteiger partial charge in [-0.2, -0.15) is 0 Å². The Bertz CT molecular complexity index is 217. The number of hydrogen-bond acceptors (Lipinski definition) is 2. The van der Waals surface area contributed by atoms with Crippen molar-refractivity contribution in [1.82, 2.24) is 5.32 Å². The van der Waals surface area contributed by atoms with E-state index >= 15 is 0 Å². The SMILES string of the molecule is C#CCNC(C)(CC=C)C(=O)O. The van der Waals surface area contributed by atoms with Crippen molar-refractivity contribution < 1.29 is 9.90 Å². The third kappa shape index (κ3) is 2.77. The van der Waals surface area contributed by atoms with Crippen LogP contribution in [0.5, 0.6) is 0 Å². The van der Waals surface area contributed by atoms with E-state index in [1.54, 1.807) is 13.0 Å². The average molecular weight is 167 g/mol. The second-order valence-corrected chi connectivity index (χ2v) is 2.69. The predicted octanol–water partition coefficient (Wildman–Crippen LogP) is 0.629. The van der Waals surface area contributed by atoms with Crippen molar-refractivity contribution in [3.8, 4) is 12.3 Å². The minimum atomic E-state index is -0.992. The second kappa shape index (κ2) is 4.58. The summed E-state index contributed by atoms with van der Waals surface area (Å²) in [6, 6.07) is 0. The maximum atomic E-state index is 10.7. The smallest absolute Gasteiger partial charge is 0.323 e. The molecule has 0 radical (unpaired) electrons. The molecule has 1 atom stereocenters. The highest BCUT2D eigenvalue weighted by Crippen LogP contribution is 2.09. The molecule has 0 spiro atoms. The van der Waals surface area contributed by atoms with E-state index in [9.17, 15) is 4.79 Å². The van der Waals surface area contributed by atoms with Crippen LogP contribution >= 0.6 is 0 Å². The summed E-state index contributed by atoms with van der Waals surface area (Å²) in [6.45, 7) is 5.31. The lowest BCUT2D eigenvalue weighted by Gasteiger charge is -2.23. The molecule has 3 heteroatoms. The minimum Gasteiger partial charge on any atom is -0.480 e. The van der Waals surface area contributed by atoms with Crippen LogP contribution < -0.4 is 5.32 Å². The number of carboxylic acids is 1. The van der Waals surface area contributed by atoms with Gasteiger partial charge in [-0.3, -0.25) is 10.1 Å². The van der Waals surface area contributed by atoms with Gasteiger partial charge in [0, 0.05) is 0 Å². The summed E-state index contributed by atoms with van der Waals surface area (Å²) in [5.74, 6) is 1.41. The summed E-state index contributed by atoms with van der Waals surface area (Å²) in [7, 11) is 0. The maximum Gasteiger partial charge on any atom is 0.323 e. The summed E-state index contributed by atoms with van der Waals surface area (Å²) in [6.07, 6.45) is 6.91. The van der Waals surface area contributed by atoms with Crippen molar-refractivity contribution in [3.05, 3.63) is 12.7 Å². The summed E-state index contributed by atoms with van der Waals surface area (Å²) < 4.78 is 0. The lowest BCUT2D eigenvalue weighted by molar-refractivity contribution is -0.143. The zero-order valence-electron chi connectivity index (χ0n) is 7.13. The third-order valence-corrected chi connectivity index (χ3v) is 1.61. The van der Waals surface area contributed by atoms with Crippen LogP contribution in [0.25, 0.3) is 0 Å². The number of aliphatic carboxylic acids is 1. The third-order valence-electron chi connectivity index (χ3n) is 1.61. The van der Waals surface area contributed by atoms with Gasteiger partial charge in [-0.15, -0.1) is 13.0 Å². The Morgan fingerprint density at radius 3 is 2.83 bits per heavy atom. The van der Waals surface area contributed by atoms with Gasteiger partial charge in [0.1, 0.15) is 5.54 Å². The number of rotatable bonds is 5. The van der Waals surface area contributed by atoms with Crippen LogP contribution in [0.15, 0.2) is 12.7 Å². The molecule has 0 aromatic heterocycles. The van der Waals surface area contributed by atoms with E-state index in [4.69, 9.17) is 11.5 Å². The van der Waals surface area contributed by atoms with Crippen molar-refractivity contribution in [2.75, 3.05) is 6.54 Å². The summed E-state index contributed by atoms with van der Waals surface area (Å²) in [5.41, 5.74) is -0.992. The molecule has 0 aliphatic heterocycles. The van der Waals surface area contributed by atoms with Gasteiger partial charge in [0.25, 0.3) is 0 Å². The van der Waals surface area contributed by atoms with Crippen molar-refractivity contribution in [2.45, 2.75) is 18.9 Å². The molecule has 0 fully saturated rings. The zero-order chi connectivity index (χ0) is 9.61. The monoisotopic (exact) mass is 167 g/mol. The molecule has 0 aliphatic carbocycles. The molecule has 0 amide bonds. The topological polar surface area (TPSA) is 49.3 Å². The second-order valence-electron chi connectivity index (χ2n) is 2.69. The Kier molecular flexibility index (Phi) is 4.09. The first-order valence-corrected chi connectivity index (χ1v) is 3.59. The van der Waals surface area contributed by atoms with Crippen molar-refractivity contribution >= 4 is 5.97 Å². The molecule has 0 aromatic carbocycles. The Morgan fingerprint density at radius 2 is 2.50 bits per heavy atom. The van der Waals surface area contributed by atoms with Gasteiger partial charge < -0.3 is 5.11 Å². The molecule has 0 rings (SSSR count). The molecule has 0 aromatic rings. The average Bonchev–Trinajstić information content (AvgIpc) is 2.01. The highest BCUT2D eigenvalue weighted by molar-refractivity contribution is 5.78. The van der Waals surface area contributed by atoms with Crippen LogP contribution in [0.2, 0.25) is 0 Å². The summed E-state index contributed by atoms with van der Waals surface area (Å²) >= 11 is 0. The molecular formula is C9H13NO2. The predicted molar refractivity (Wildman–Crippen MR) is 47.7 cm³/mol. The Balaban J connectivity index is 4.29. The van der Waals surface area contributed by atoms with Crippen LogP contribution in [0.3, 0.4) is 0 Å². The molecule has 66 valence electrons. The Morgan fingerprint density at radius 1 is 1.92 bits per heavy atom.